The van der Waals surface area contributed by atoms with Crippen LogP contribution in [0.2, 0.25) is 0 Å². The third kappa shape index (κ3) is 1.63. The van der Waals surface area contributed by atoms with E-state index >= 15 is 0 Å². The molecular weight excluding hydrogens is 272 g/mol. The maximum absolute atomic E-state index is 13.0. The van der Waals surface area contributed by atoms with Crippen molar-refractivity contribution < 1.29 is 9.90 Å². The number of ketones is 1. The van der Waals surface area contributed by atoms with Crippen molar-refractivity contribution in [1.29, 1.82) is 0 Å². The predicted octanol–water partition coefficient (Wildman–Crippen LogP) is 4.13. The summed E-state index contributed by atoms with van der Waals surface area (Å²) in [5.41, 5.74) is 0.358. The SMILES string of the molecule is CC1(C)CCC(=O)C2(C)C1CCC13C=CC(CO)(CCC12)C3. The highest BCUT2D eigenvalue weighted by molar-refractivity contribution is 5.86. The topological polar surface area (TPSA) is 37.3 Å². The maximum Gasteiger partial charge on any atom is 0.139 e. The van der Waals surface area contributed by atoms with Gasteiger partial charge in [-0.3, -0.25) is 4.79 Å². The van der Waals surface area contributed by atoms with Gasteiger partial charge in [0.1, 0.15) is 5.78 Å². The lowest BCUT2D eigenvalue weighted by atomic mass is 9.40. The van der Waals surface area contributed by atoms with Gasteiger partial charge in [-0.1, -0.05) is 32.9 Å². The minimum atomic E-state index is -0.143. The van der Waals surface area contributed by atoms with Crippen molar-refractivity contribution in [3.63, 3.8) is 0 Å². The van der Waals surface area contributed by atoms with Crippen LogP contribution >= 0.6 is 0 Å². The third-order valence-electron chi connectivity index (χ3n) is 8.28. The lowest BCUT2D eigenvalue weighted by Crippen LogP contribution is -2.60. The lowest BCUT2D eigenvalue weighted by molar-refractivity contribution is -0.170. The summed E-state index contributed by atoms with van der Waals surface area (Å²) in [5, 5.41) is 9.87. The molecular formula is C20H30O2. The van der Waals surface area contributed by atoms with E-state index in [0.29, 0.717) is 17.6 Å². The standard InChI is InChI=1S/C20H30O2/c1-17(2)7-6-16(22)18(3)14(17)5-9-20-11-10-19(12-20,13-21)8-4-15(18)20/h10-11,14-15,21H,4-9,12-13H2,1-3H3. The molecule has 5 atom stereocenters. The molecule has 0 radical (unpaired) electrons. The number of allylic oxidation sites excluding steroid dienone is 1. The first-order chi connectivity index (χ1) is 10.3. The second-order valence-electron chi connectivity index (χ2n) is 9.64. The van der Waals surface area contributed by atoms with Gasteiger partial charge < -0.3 is 5.11 Å². The second kappa shape index (κ2) is 4.26. The van der Waals surface area contributed by atoms with Gasteiger partial charge in [0.2, 0.25) is 0 Å². The fourth-order valence-electron chi connectivity index (χ4n) is 7.10. The fourth-order valence-corrected chi connectivity index (χ4v) is 7.10. The number of rotatable bonds is 1. The summed E-state index contributed by atoms with van der Waals surface area (Å²) >= 11 is 0. The first kappa shape index (κ1) is 14.9. The van der Waals surface area contributed by atoms with Crippen molar-refractivity contribution in [1.82, 2.24) is 0 Å². The molecule has 5 unspecified atom stereocenters. The third-order valence-corrected chi connectivity index (χ3v) is 8.28. The number of Topliss-reactive ketones (excluding diaryl/α,β-unsaturated/α-hetero) is 1. The van der Waals surface area contributed by atoms with E-state index in [0.717, 1.165) is 32.1 Å². The molecule has 4 aliphatic carbocycles. The minimum Gasteiger partial charge on any atom is -0.395 e. The van der Waals surface area contributed by atoms with Crippen molar-refractivity contribution in [2.45, 2.75) is 65.7 Å². The van der Waals surface area contributed by atoms with Crippen LogP contribution in [0.25, 0.3) is 0 Å². The molecule has 2 nitrogen and oxygen atoms in total. The zero-order valence-corrected chi connectivity index (χ0v) is 14.3. The van der Waals surface area contributed by atoms with Gasteiger partial charge in [0.15, 0.2) is 0 Å². The number of hydrogen-bond donors (Lipinski definition) is 1. The average molecular weight is 302 g/mol. The molecule has 0 heterocycles. The fraction of sp³-hybridized carbons (Fsp3) is 0.850. The quantitative estimate of drug-likeness (QED) is 0.740. The van der Waals surface area contributed by atoms with Crippen LogP contribution in [0.5, 0.6) is 0 Å². The highest BCUT2D eigenvalue weighted by Crippen LogP contribution is 2.70. The van der Waals surface area contributed by atoms with Crippen molar-refractivity contribution >= 4 is 5.78 Å². The summed E-state index contributed by atoms with van der Waals surface area (Å²) in [6.07, 6.45) is 12.2. The molecule has 1 N–H and O–H groups in total. The second-order valence-corrected chi connectivity index (χ2v) is 9.64. The molecule has 3 saturated carbocycles. The summed E-state index contributed by atoms with van der Waals surface area (Å²) in [6.45, 7) is 7.33. The first-order valence-electron chi connectivity index (χ1n) is 9.13. The van der Waals surface area contributed by atoms with E-state index in [9.17, 15) is 9.90 Å². The van der Waals surface area contributed by atoms with Gasteiger partial charge in [0.25, 0.3) is 0 Å². The highest BCUT2D eigenvalue weighted by Gasteiger charge is 2.66. The molecule has 1 spiro atoms. The van der Waals surface area contributed by atoms with Crippen LogP contribution in [0.15, 0.2) is 12.2 Å². The van der Waals surface area contributed by atoms with Crippen LogP contribution in [0.3, 0.4) is 0 Å². The van der Waals surface area contributed by atoms with E-state index in [4.69, 9.17) is 0 Å². The van der Waals surface area contributed by atoms with E-state index in [2.05, 4.69) is 32.9 Å². The van der Waals surface area contributed by atoms with E-state index in [1.165, 1.54) is 12.8 Å². The Bertz CT molecular complexity index is 548. The molecule has 0 aromatic heterocycles. The molecule has 4 aliphatic rings. The monoisotopic (exact) mass is 302 g/mol. The Morgan fingerprint density at radius 2 is 1.82 bits per heavy atom. The summed E-state index contributed by atoms with van der Waals surface area (Å²) in [4.78, 5) is 13.0. The van der Waals surface area contributed by atoms with Crippen molar-refractivity contribution in [3.8, 4) is 0 Å². The normalized spacial score (nSPS) is 52.3. The molecule has 3 fully saturated rings. The van der Waals surface area contributed by atoms with Gasteiger partial charge >= 0.3 is 0 Å². The molecule has 2 heteroatoms. The van der Waals surface area contributed by atoms with Crippen LogP contribution < -0.4 is 0 Å². The van der Waals surface area contributed by atoms with Gasteiger partial charge in [-0.05, 0) is 61.2 Å². The first-order valence-corrected chi connectivity index (χ1v) is 9.13. The summed E-state index contributed by atoms with van der Waals surface area (Å²) < 4.78 is 0. The highest BCUT2D eigenvalue weighted by atomic mass is 16.3. The number of hydrogen-bond acceptors (Lipinski definition) is 2. The molecule has 0 amide bonds. The lowest BCUT2D eigenvalue weighted by Gasteiger charge is -2.63. The van der Waals surface area contributed by atoms with Gasteiger partial charge in [-0.25, -0.2) is 0 Å². The Morgan fingerprint density at radius 3 is 2.55 bits per heavy atom. The van der Waals surface area contributed by atoms with Crippen molar-refractivity contribution in [2.24, 2.45) is 33.5 Å². The van der Waals surface area contributed by atoms with Crippen LogP contribution in [-0.2, 0) is 4.79 Å². The zero-order chi connectivity index (χ0) is 15.8. The number of carbonyl (C=O) groups excluding carboxylic acids is 1. The van der Waals surface area contributed by atoms with Gasteiger partial charge in [0.05, 0.1) is 6.61 Å². The molecule has 0 aliphatic heterocycles. The predicted molar refractivity (Wildman–Crippen MR) is 87.3 cm³/mol. The summed E-state index contributed by atoms with van der Waals surface area (Å²) in [5.74, 6) is 1.55. The van der Waals surface area contributed by atoms with Gasteiger partial charge in [0, 0.05) is 17.3 Å². The molecule has 0 saturated heterocycles. The molecule has 0 aromatic rings. The Labute approximate surface area is 134 Å². The summed E-state index contributed by atoms with van der Waals surface area (Å²) in [6, 6.07) is 0. The molecule has 0 aromatic carbocycles. The Morgan fingerprint density at radius 1 is 1.09 bits per heavy atom. The largest absolute Gasteiger partial charge is 0.395 e. The van der Waals surface area contributed by atoms with Crippen LogP contribution in [0.1, 0.15) is 65.7 Å². The van der Waals surface area contributed by atoms with Crippen LogP contribution in [-0.4, -0.2) is 17.5 Å². The van der Waals surface area contributed by atoms with Gasteiger partial charge in [-0.2, -0.15) is 0 Å². The Hall–Kier alpha value is -0.630. The Balaban J connectivity index is 1.78. The molecule has 2 bridgehead atoms. The number of fused-ring (bicyclic) bond motifs is 3. The van der Waals surface area contributed by atoms with E-state index in [1.54, 1.807) is 0 Å². The number of aliphatic hydroxyl groups is 1. The molecule has 22 heavy (non-hydrogen) atoms. The number of aliphatic hydroxyl groups excluding tert-OH is 1. The maximum atomic E-state index is 13.0. The smallest absolute Gasteiger partial charge is 0.139 e. The molecule has 122 valence electrons. The van der Waals surface area contributed by atoms with Crippen LogP contribution in [0.4, 0.5) is 0 Å². The zero-order valence-electron chi connectivity index (χ0n) is 14.3. The Kier molecular flexibility index (Phi) is 2.89. The minimum absolute atomic E-state index is 0.0208. The van der Waals surface area contributed by atoms with E-state index < -0.39 is 0 Å². The van der Waals surface area contributed by atoms with Crippen LogP contribution in [0, 0.1) is 33.5 Å². The summed E-state index contributed by atoms with van der Waals surface area (Å²) in [7, 11) is 0. The van der Waals surface area contributed by atoms with E-state index in [-0.39, 0.29) is 28.3 Å². The van der Waals surface area contributed by atoms with Crippen molar-refractivity contribution in [3.05, 3.63) is 12.2 Å². The van der Waals surface area contributed by atoms with Crippen molar-refractivity contribution in [2.75, 3.05) is 6.61 Å². The molecule has 4 rings (SSSR count). The van der Waals surface area contributed by atoms with Gasteiger partial charge in [-0.15, -0.1) is 0 Å². The average Bonchev–Trinajstić information content (AvgIpc) is 2.76. The number of carbonyl (C=O) groups is 1. The van der Waals surface area contributed by atoms with E-state index in [1.807, 2.05) is 0 Å².